The molecule has 0 aliphatic carbocycles. The van der Waals surface area contributed by atoms with Crippen LogP contribution in [0.5, 0.6) is 0 Å². The van der Waals surface area contributed by atoms with E-state index < -0.39 is 0 Å². The van der Waals surface area contributed by atoms with Crippen molar-refractivity contribution in [1.29, 1.82) is 0 Å². The van der Waals surface area contributed by atoms with Gasteiger partial charge in [-0.15, -0.1) is 0 Å². The number of hydrogen-bond acceptors (Lipinski definition) is 5. The van der Waals surface area contributed by atoms with Gasteiger partial charge in [-0.1, -0.05) is 146 Å². The molecule has 5 aromatic heterocycles. The fourth-order valence-corrected chi connectivity index (χ4v) is 10.1. The third kappa shape index (κ3) is 6.43. The molecule has 0 saturated carbocycles. The van der Waals surface area contributed by atoms with Crippen molar-refractivity contribution in [3.8, 4) is 67.9 Å². The Morgan fingerprint density at radius 3 is 1.41 bits per heavy atom. The van der Waals surface area contributed by atoms with Crippen LogP contribution < -0.4 is 0 Å². The average molecular weight is 883 g/mol. The Morgan fingerprint density at radius 2 is 0.754 bits per heavy atom. The van der Waals surface area contributed by atoms with E-state index in [9.17, 15) is 0 Å². The largest absolute Gasteiger partial charge is 0.454 e. The van der Waals surface area contributed by atoms with E-state index in [1.807, 2.05) is 85.1 Å². The summed E-state index contributed by atoms with van der Waals surface area (Å²) in [7, 11) is 0. The minimum Gasteiger partial charge on any atom is -0.454 e. The number of rotatable bonds is 7. The topological polar surface area (TPSA) is 74.6 Å². The SMILES string of the molecule is c1ccc(-c2nc(-c3ccccc3)nc(-c3ccc(-n4c5ccccc5c5ccc(-c6ccc7c(c6)c6ccccc6n7-c6ccc(-c7cc8c(cn7)oc7ccccc78)cc6)cc54)cc3)n2)cc1. The first-order valence-electron chi connectivity index (χ1n) is 23.1. The molecule has 0 atom stereocenters. The summed E-state index contributed by atoms with van der Waals surface area (Å²) in [6.07, 6.45) is 1.83. The van der Waals surface area contributed by atoms with Crippen LogP contribution in [0.3, 0.4) is 0 Å². The highest BCUT2D eigenvalue weighted by atomic mass is 16.3. The van der Waals surface area contributed by atoms with Gasteiger partial charge in [0.2, 0.25) is 0 Å². The molecule has 0 fully saturated rings. The van der Waals surface area contributed by atoms with Crippen LogP contribution in [0.4, 0.5) is 0 Å². The van der Waals surface area contributed by atoms with Crippen molar-refractivity contribution in [3.05, 3.63) is 231 Å². The van der Waals surface area contributed by atoms with Gasteiger partial charge < -0.3 is 13.6 Å². The molecule has 0 bridgehead atoms. The molecule has 5 heterocycles. The summed E-state index contributed by atoms with van der Waals surface area (Å²) in [6, 6.07) is 78.9. The monoisotopic (exact) mass is 882 g/mol. The number of aromatic nitrogens is 6. The normalized spacial score (nSPS) is 11.8. The van der Waals surface area contributed by atoms with Gasteiger partial charge in [0.1, 0.15) is 5.58 Å². The van der Waals surface area contributed by atoms with E-state index in [0.29, 0.717) is 17.5 Å². The molecular weight excluding hydrogens is 845 g/mol. The minimum absolute atomic E-state index is 0.627. The number of nitrogens with zero attached hydrogens (tertiary/aromatic N) is 6. The second-order valence-electron chi connectivity index (χ2n) is 17.5. The summed E-state index contributed by atoms with van der Waals surface area (Å²) in [5.41, 5.74) is 15.5. The van der Waals surface area contributed by atoms with Gasteiger partial charge in [-0.25, -0.2) is 15.0 Å². The Bertz CT molecular complexity index is 4230. The smallest absolute Gasteiger partial charge is 0.164 e. The molecule has 0 saturated heterocycles. The van der Waals surface area contributed by atoms with Crippen molar-refractivity contribution in [3.63, 3.8) is 0 Å². The summed E-state index contributed by atoms with van der Waals surface area (Å²) in [4.78, 5) is 19.7. The van der Waals surface area contributed by atoms with Gasteiger partial charge >= 0.3 is 0 Å². The fraction of sp³-hybridized carbons (Fsp3) is 0. The molecule has 14 rings (SSSR count). The van der Waals surface area contributed by atoms with Gasteiger partial charge in [0.25, 0.3) is 0 Å². The Labute approximate surface area is 395 Å². The second kappa shape index (κ2) is 15.6. The molecule has 0 spiro atoms. The molecule has 0 radical (unpaired) electrons. The van der Waals surface area contributed by atoms with Crippen LogP contribution in [0.2, 0.25) is 0 Å². The number of fused-ring (bicyclic) bond motifs is 9. The molecule has 0 N–H and O–H groups in total. The molecule has 9 aromatic carbocycles. The molecule has 0 aliphatic heterocycles. The molecule has 0 amide bonds. The highest BCUT2D eigenvalue weighted by Crippen LogP contribution is 2.39. The maximum absolute atomic E-state index is 6.06. The van der Waals surface area contributed by atoms with E-state index in [1.54, 1.807) is 0 Å². The number of hydrogen-bond donors (Lipinski definition) is 0. The van der Waals surface area contributed by atoms with Gasteiger partial charge in [-0.3, -0.25) is 4.98 Å². The van der Waals surface area contributed by atoms with E-state index in [2.05, 4.69) is 155 Å². The van der Waals surface area contributed by atoms with Crippen LogP contribution >= 0.6 is 0 Å². The van der Waals surface area contributed by atoms with Crippen molar-refractivity contribution < 1.29 is 4.42 Å². The van der Waals surface area contributed by atoms with Crippen LogP contribution in [0.25, 0.3) is 133 Å². The average Bonchev–Trinajstić information content (AvgIpc) is 4.08. The molecule has 0 aliphatic rings. The highest BCUT2D eigenvalue weighted by molar-refractivity contribution is 6.12. The fourth-order valence-electron chi connectivity index (χ4n) is 10.1. The summed E-state index contributed by atoms with van der Waals surface area (Å²) in [5.74, 6) is 1.91. The lowest BCUT2D eigenvalue weighted by Crippen LogP contribution is -2.00. The van der Waals surface area contributed by atoms with Crippen LogP contribution in [0, 0.1) is 0 Å². The Kier molecular flexibility index (Phi) is 8.75. The van der Waals surface area contributed by atoms with E-state index in [0.717, 1.165) is 94.5 Å². The third-order valence-corrected chi connectivity index (χ3v) is 13.4. The zero-order valence-electron chi connectivity index (χ0n) is 37.0. The lowest BCUT2D eigenvalue weighted by molar-refractivity contribution is 0.667. The Balaban J connectivity index is 0.839. The number of furan rings is 1. The Hall–Kier alpha value is -9.46. The standard InChI is InChI=1S/C62H38N6O/c1-3-13-40(14-4-1)60-64-61(41-15-5-2-6-16-41)66-62(65-60)42-25-31-46(32-26-42)68-54-20-10-7-17-47(54)49-33-27-44(36-57(49)68)43-28-34-56-51(35-43)48-18-8-11-21-55(48)67(56)45-29-23-39(24-30-45)53-37-52-50-19-9-12-22-58(50)69-59(52)38-63-53/h1-38H. The van der Waals surface area contributed by atoms with Crippen LogP contribution in [0.1, 0.15) is 0 Å². The summed E-state index contributed by atoms with van der Waals surface area (Å²) in [6.45, 7) is 0. The maximum Gasteiger partial charge on any atom is 0.164 e. The summed E-state index contributed by atoms with van der Waals surface area (Å²) >= 11 is 0. The molecule has 0 unspecified atom stereocenters. The molecule has 322 valence electrons. The van der Waals surface area contributed by atoms with Gasteiger partial charge in [0.15, 0.2) is 23.1 Å². The molecular formula is C62H38N6O. The molecule has 7 heteroatoms. The van der Waals surface area contributed by atoms with Crippen molar-refractivity contribution in [2.75, 3.05) is 0 Å². The first-order chi connectivity index (χ1) is 34.2. The van der Waals surface area contributed by atoms with E-state index in [4.69, 9.17) is 24.4 Å². The van der Waals surface area contributed by atoms with E-state index in [1.165, 1.54) is 21.5 Å². The quantitative estimate of drug-likeness (QED) is 0.159. The summed E-state index contributed by atoms with van der Waals surface area (Å²) < 4.78 is 10.8. The van der Waals surface area contributed by atoms with Gasteiger partial charge in [0.05, 0.1) is 34.0 Å². The lowest BCUT2D eigenvalue weighted by atomic mass is 10.0. The van der Waals surface area contributed by atoms with Gasteiger partial charge in [0, 0.05) is 65.9 Å². The zero-order valence-corrected chi connectivity index (χ0v) is 37.0. The van der Waals surface area contributed by atoms with Gasteiger partial charge in [-0.05, 0) is 90.0 Å². The second-order valence-corrected chi connectivity index (χ2v) is 17.5. The predicted molar refractivity (Wildman–Crippen MR) is 281 cm³/mol. The van der Waals surface area contributed by atoms with Crippen molar-refractivity contribution >= 4 is 65.6 Å². The lowest BCUT2D eigenvalue weighted by Gasteiger charge is -2.11. The third-order valence-electron chi connectivity index (χ3n) is 13.4. The van der Waals surface area contributed by atoms with E-state index in [-0.39, 0.29) is 0 Å². The van der Waals surface area contributed by atoms with Crippen LogP contribution in [-0.4, -0.2) is 29.1 Å². The van der Waals surface area contributed by atoms with Gasteiger partial charge in [-0.2, -0.15) is 0 Å². The van der Waals surface area contributed by atoms with Crippen molar-refractivity contribution in [1.82, 2.24) is 29.1 Å². The molecule has 14 aromatic rings. The van der Waals surface area contributed by atoms with Crippen molar-refractivity contribution in [2.24, 2.45) is 0 Å². The first-order valence-corrected chi connectivity index (χ1v) is 23.1. The Morgan fingerprint density at radius 1 is 0.290 bits per heavy atom. The van der Waals surface area contributed by atoms with Crippen LogP contribution in [-0.2, 0) is 0 Å². The maximum atomic E-state index is 6.06. The highest BCUT2D eigenvalue weighted by Gasteiger charge is 2.18. The zero-order chi connectivity index (χ0) is 45.4. The number of benzene rings is 9. The van der Waals surface area contributed by atoms with Crippen LogP contribution in [0.15, 0.2) is 235 Å². The first kappa shape index (κ1) is 38.8. The summed E-state index contributed by atoms with van der Waals surface area (Å²) in [5, 5.41) is 6.98. The number of pyridine rings is 1. The minimum atomic E-state index is 0.627. The van der Waals surface area contributed by atoms with Crippen molar-refractivity contribution in [2.45, 2.75) is 0 Å². The molecule has 7 nitrogen and oxygen atoms in total. The number of para-hydroxylation sites is 3. The molecule has 69 heavy (non-hydrogen) atoms. The van der Waals surface area contributed by atoms with E-state index >= 15 is 0 Å². The predicted octanol–water partition coefficient (Wildman–Crippen LogP) is 15.7.